The van der Waals surface area contributed by atoms with Crippen molar-refractivity contribution >= 4 is 29.1 Å². The number of hydrogen-bond donors (Lipinski definition) is 1. The van der Waals surface area contributed by atoms with Crippen LogP contribution in [0.5, 0.6) is 0 Å². The summed E-state index contributed by atoms with van der Waals surface area (Å²) in [6, 6.07) is 32.9. The Kier molecular flexibility index (Phi) is 7.89. The van der Waals surface area contributed by atoms with E-state index in [2.05, 4.69) is 111 Å². The predicted molar refractivity (Wildman–Crippen MR) is 187 cm³/mol. The van der Waals surface area contributed by atoms with Gasteiger partial charge in [-0.15, -0.1) is 0 Å². The van der Waals surface area contributed by atoms with Crippen molar-refractivity contribution in [2.24, 2.45) is 28.1 Å². The van der Waals surface area contributed by atoms with Gasteiger partial charge in [0.05, 0.1) is 23.8 Å². The van der Waals surface area contributed by atoms with Gasteiger partial charge in [-0.3, -0.25) is 4.79 Å². The van der Waals surface area contributed by atoms with Gasteiger partial charge in [0.15, 0.2) is 0 Å². The molecule has 45 heavy (non-hydrogen) atoms. The molecule has 4 heteroatoms. The van der Waals surface area contributed by atoms with Gasteiger partial charge in [0.2, 0.25) is 0 Å². The van der Waals surface area contributed by atoms with Crippen molar-refractivity contribution in [1.29, 1.82) is 0 Å². The van der Waals surface area contributed by atoms with Crippen LogP contribution in [0.4, 0.5) is 0 Å². The Balaban J connectivity index is 1.10. The quantitative estimate of drug-likeness (QED) is 0.120. The fourth-order valence-electron chi connectivity index (χ4n) is 11.1. The van der Waals surface area contributed by atoms with E-state index < -0.39 is 18.3 Å². The SMILES string of the molecule is C=C1C[C@@]23CC[C@H]4[C@@](C)(CCC[C@@]4(C)C(=O)OCCC[P+](c4ccccc4)(c4ccccc4)c4ccccc4)[C@@H]2CC[C@]1(O)C3. The third kappa shape index (κ3) is 4.87. The molecule has 3 nitrogen and oxygen atoms in total. The van der Waals surface area contributed by atoms with Crippen LogP contribution in [-0.2, 0) is 9.53 Å². The fraction of sp³-hybridized carbons (Fsp3) is 0.488. The Bertz CT molecular complexity index is 1440. The molecule has 3 aromatic carbocycles. The predicted octanol–water partition coefficient (Wildman–Crippen LogP) is 8.00. The van der Waals surface area contributed by atoms with Crippen molar-refractivity contribution in [1.82, 2.24) is 0 Å². The Morgan fingerprint density at radius 3 is 1.96 bits per heavy atom. The van der Waals surface area contributed by atoms with Gasteiger partial charge in [0, 0.05) is 6.42 Å². The molecular weight excluding hydrogens is 571 g/mol. The highest BCUT2D eigenvalue weighted by atomic mass is 31.2. The number of rotatable bonds is 8. The molecule has 4 fully saturated rings. The highest BCUT2D eigenvalue weighted by Gasteiger charge is 2.67. The minimum Gasteiger partial charge on any atom is -0.465 e. The van der Waals surface area contributed by atoms with Crippen LogP contribution in [0.2, 0.25) is 0 Å². The van der Waals surface area contributed by atoms with E-state index in [1.54, 1.807) is 0 Å². The number of carbonyl (C=O) groups is 1. The molecule has 0 unspecified atom stereocenters. The Labute approximate surface area is 270 Å². The summed E-state index contributed by atoms with van der Waals surface area (Å²) >= 11 is 0. The van der Waals surface area contributed by atoms with Crippen LogP contribution in [0, 0.1) is 28.1 Å². The largest absolute Gasteiger partial charge is 0.465 e. The first-order chi connectivity index (χ1) is 21.7. The summed E-state index contributed by atoms with van der Waals surface area (Å²) < 4.78 is 6.34. The summed E-state index contributed by atoms with van der Waals surface area (Å²) in [4.78, 5) is 14.2. The van der Waals surface area contributed by atoms with Crippen molar-refractivity contribution in [3.05, 3.63) is 103 Å². The van der Waals surface area contributed by atoms with E-state index >= 15 is 0 Å². The number of carbonyl (C=O) groups excluding carboxylic acids is 1. The number of ether oxygens (including phenoxy) is 1. The van der Waals surface area contributed by atoms with Crippen LogP contribution in [0.1, 0.15) is 78.1 Å². The third-order valence-electron chi connectivity index (χ3n) is 13.1. The van der Waals surface area contributed by atoms with Crippen molar-refractivity contribution in [2.45, 2.75) is 83.7 Å². The zero-order valence-corrected chi connectivity index (χ0v) is 28.1. The van der Waals surface area contributed by atoms with Crippen molar-refractivity contribution in [2.75, 3.05) is 12.8 Å². The number of esters is 1. The summed E-state index contributed by atoms with van der Waals surface area (Å²) in [6.07, 6.45) is 10.8. The van der Waals surface area contributed by atoms with Gasteiger partial charge in [0.25, 0.3) is 0 Å². The van der Waals surface area contributed by atoms with Crippen LogP contribution in [0.3, 0.4) is 0 Å². The molecule has 4 aliphatic carbocycles. The molecule has 0 saturated heterocycles. The lowest BCUT2D eigenvalue weighted by Crippen LogP contribution is -2.59. The summed E-state index contributed by atoms with van der Waals surface area (Å²) in [7, 11) is -1.95. The molecule has 2 bridgehead atoms. The zero-order chi connectivity index (χ0) is 31.3. The van der Waals surface area contributed by atoms with Gasteiger partial charge < -0.3 is 9.84 Å². The highest BCUT2D eigenvalue weighted by molar-refractivity contribution is 7.95. The van der Waals surface area contributed by atoms with Gasteiger partial charge in [0.1, 0.15) is 23.2 Å². The number of fused-ring (bicyclic) bond motifs is 3. The molecule has 4 aliphatic rings. The van der Waals surface area contributed by atoms with E-state index in [1.165, 1.54) is 22.3 Å². The van der Waals surface area contributed by atoms with Gasteiger partial charge in [-0.1, -0.05) is 74.5 Å². The molecule has 0 aromatic heterocycles. The summed E-state index contributed by atoms with van der Waals surface area (Å²) in [5, 5.41) is 15.4. The third-order valence-corrected chi connectivity index (χ3v) is 17.6. The molecule has 0 amide bonds. The van der Waals surface area contributed by atoms with Crippen LogP contribution < -0.4 is 15.9 Å². The maximum absolute atomic E-state index is 14.2. The summed E-state index contributed by atoms with van der Waals surface area (Å²) in [5.41, 5.74) is 0.211. The highest BCUT2D eigenvalue weighted by Crippen LogP contribution is 2.73. The standard InChI is InChI=1S/C41H50O3P/c1-31-29-40-25-21-35-38(2,36(40)22-26-41(31,43)30-40)23-13-24-39(35,3)37(42)44-27-14-28-45(32-15-7-4-8-16-32,33-17-9-5-10-18-33)34-19-11-6-12-20-34/h4-12,15-20,35-36,43H,1,13-14,21-30H2,2-3H3/q+1/t35-,36-,38+,39+,40+,41-/m0/s1. The average Bonchev–Trinajstić information content (AvgIpc) is 3.24. The van der Waals surface area contributed by atoms with E-state index in [1.807, 2.05) is 0 Å². The molecule has 7 rings (SSSR count). The van der Waals surface area contributed by atoms with Crippen molar-refractivity contribution in [3.8, 4) is 0 Å². The first-order valence-corrected chi connectivity index (χ1v) is 19.3. The summed E-state index contributed by atoms with van der Waals surface area (Å²) in [6.45, 7) is 9.49. The summed E-state index contributed by atoms with van der Waals surface area (Å²) in [5.74, 6) is 0.885. The van der Waals surface area contributed by atoms with Gasteiger partial charge >= 0.3 is 5.97 Å². The monoisotopic (exact) mass is 621 g/mol. The second-order valence-corrected chi connectivity index (χ2v) is 19.0. The van der Waals surface area contributed by atoms with Gasteiger partial charge in [-0.25, -0.2) is 0 Å². The Morgan fingerprint density at radius 2 is 1.38 bits per heavy atom. The molecule has 4 saturated carbocycles. The number of aliphatic hydroxyl groups is 1. The second-order valence-electron chi connectivity index (χ2n) is 15.3. The zero-order valence-electron chi connectivity index (χ0n) is 27.2. The minimum atomic E-state index is -1.95. The smallest absolute Gasteiger partial charge is 0.312 e. The molecule has 236 valence electrons. The molecule has 1 spiro atoms. The van der Waals surface area contributed by atoms with Crippen molar-refractivity contribution < 1.29 is 14.6 Å². The lowest BCUT2D eigenvalue weighted by molar-refractivity contribution is -0.190. The molecule has 0 aliphatic heterocycles. The van der Waals surface area contributed by atoms with Crippen LogP contribution in [0.15, 0.2) is 103 Å². The van der Waals surface area contributed by atoms with E-state index in [4.69, 9.17) is 4.74 Å². The van der Waals surface area contributed by atoms with E-state index in [-0.39, 0.29) is 16.8 Å². The average molecular weight is 622 g/mol. The first kappa shape index (κ1) is 30.9. The lowest BCUT2D eigenvalue weighted by Gasteiger charge is -2.63. The fourth-order valence-corrected chi connectivity index (χ4v) is 15.4. The van der Waals surface area contributed by atoms with Crippen LogP contribution >= 0.6 is 7.26 Å². The van der Waals surface area contributed by atoms with Crippen molar-refractivity contribution in [3.63, 3.8) is 0 Å². The normalized spacial score (nSPS) is 34.1. The Morgan fingerprint density at radius 1 is 0.822 bits per heavy atom. The molecule has 0 heterocycles. The van der Waals surface area contributed by atoms with E-state index in [0.717, 1.165) is 69.5 Å². The number of benzene rings is 3. The second kappa shape index (κ2) is 11.5. The van der Waals surface area contributed by atoms with Gasteiger partial charge in [-0.2, -0.15) is 0 Å². The molecular formula is C41H50O3P+. The topological polar surface area (TPSA) is 46.5 Å². The molecule has 3 aromatic rings. The lowest BCUT2D eigenvalue weighted by atomic mass is 9.41. The Hall–Kier alpha value is -2.74. The molecule has 6 atom stereocenters. The minimum absolute atomic E-state index is 0.0144. The van der Waals surface area contributed by atoms with E-state index in [0.29, 0.717) is 18.4 Å². The first-order valence-electron chi connectivity index (χ1n) is 17.3. The van der Waals surface area contributed by atoms with E-state index in [9.17, 15) is 9.90 Å². The molecule has 0 radical (unpaired) electrons. The maximum atomic E-state index is 14.2. The van der Waals surface area contributed by atoms with Gasteiger partial charge in [-0.05, 0) is 123 Å². The number of hydrogen-bond acceptors (Lipinski definition) is 3. The van der Waals surface area contributed by atoms with Crippen LogP contribution in [-0.4, -0.2) is 29.4 Å². The maximum Gasteiger partial charge on any atom is 0.312 e. The molecule has 1 N–H and O–H groups in total. The van der Waals surface area contributed by atoms with Crippen LogP contribution in [0.25, 0.3) is 0 Å².